The first-order valence-electron chi connectivity index (χ1n) is 11.5. The van der Waals surface area contributed by atoms with E-state index < -0.39 is 0 Å². The molecule has 1 aromatic heterocycles. The largest absolute Gasteiger partial charge is 0.504 e. The fourth-order valence-corrected chi connectivity index (χ4v) is 4.80. The van der Waals surface area contributed by atoms with Crippen molar-refractivity contribution in [2.24, 2.45) is 16.1 Å². The van der Waals surface area contributed by atoms with Crippen LogP contribution in [0.3, 0.4) is 0 Å². The molecule has 5 rings (SSSR count). The second-order valence-corrected chi connectivity index (χ2v) is 8.62. The van der Waals surface area contributed by atoms with Crippen molar-refractivity contribution in [3.8, 4) is 11.5 Å². The Kier molecular flexibility index (Phi) is 5.95. The highest BCUT2D eigenvalue weighted by atomic mass is 16.5. The van der Waals surface area contributed by atoms with Crippen LogP contribution in [0, 0.1) is 5.92 Å². The third kappa shape index (κ3) is 4.02. The molecule has 2 aliphatic heterocycles. The minimum atomic E-state index is 0.130. The third-order valence-corrected chi connectivity index (χ3v) is 6.60. The number of methoxy groups -OCH3 is 1. The van der Waals surface area contributed by atoms with E-state index in [9.17, 15) is 5.11 Å². The van der Waals surface area contributed by atoms with Gasteiger partial charge >= 0.3 is 0 Å². The average molecular weight is 432 g/mol. The Hall–Kier alpha value is -3.12. The average Bonchev–Trinajstić information content (AvgIpc) is 3.39. The number of aryl methyl sites for hydroxylation is 1. The molecule has 0 amide bonds. The van der Waals surface area contributed by atoms with Crippen LogP contribution in [0.1, 0.15) is 49.0 Å². The van der Waals surface area contributed by atoms with Gasteiger partial charge in [0.05, 0.1) is 23.9 Å². The maximum absolute atomic E-state index is 10.9. The molecule has 0 unspecified atom stereocenters. The van der Waals surface area contributed by atoms with E-state index in [0.717, 1.165) is 54.4 Å². The summed E-state index contributed by atoms with van der Waals surface area (Å²) in [6.45, 7) is 2.29. The standard InChI is InChI=1S/C26H29N3O3/c1-31-23-11-10-20-25(30)24(16-22-18-7-4-5-9-21(18)28-29-22)32-26(20)19(23)8-3-2-6-17-12-14-27-15-13-17/h4-5,7,9-11,16-17,27,30H,2-3,6,8,12-15H2,1H3. The normalized spacial score (nSPS) is 17.3. The molecular formula is C26H29N3O3. The SMILES string of the molecule is COc1ccc2c(O)c(C=C3N=Nc4ccccc43)oc2c1CCCCC1CCNCC1. The van der Waals surface area contributed by atoms with E-state index in [2.05, 4.69) is 15.5 Å². The lowest BCUT2D eigenvalue weighted by Crippen LogP contribution is -2.27. The monoisotopic (exact) mass is 431 g/mol. The number of aromatic hydroxyl groups is 1. The van der Waals surface area contributed by atoms with Gasteiger partial charge in [-0.15, -0.1) is 10.2 Å². The molecule has 0 saturated carbocycles. The van der Waals surface area contributed by atoms with Gasteiger partial charge in [0.2, 0.25) is 0 Å². The van der Waals surface area contributed by atoms with E-state index in [1.54, 1.807) is 13.2 Å². The molecule has 3 heterocycles. The van der Waals surface area contributed by atoms with Crippen molar-refractivity contribution < 1.29 is 14.3 Å². The van der Waals surface area contributed by atoms with Crippen molar-refractivity contribution in [3.63, 3.8) is 0 Å². The van der Waals surface area contributed by atoms with Crippen molar-refractivity contribution in [1.82, 2.24) is 5.32 Å². The molecule has 3 aromatic rings. The van der Waals surface area contributed by atoms with Gasteiger partial charge in [0.15, 0.2) is 11.5 Å². The van der Waals surface area contributed by atoms with Gasteiger partial charge < -0.3 is 19.6 Å². The number of piperidine rings is 1. The van der Waals surface area contributed by atoms with E-state index in [0.29, 0.717) is 22.4 Å². The number of ether oxygens (including phenoxy) is 1. The molecule has 2 aliphatic rings. The quantitative estimate of drug-likeness (QED) is 0.421. The van der Waals surface area contributed by atoms with Gasteiger partial charge in [0.25, 0.3) is 0 Å². The fraction of sp³-hybridized carbons (Fsp3) is 0.385. The topological polar surface area (TPSA) is 79.3 Å². The molecule has 1 fully saturated rings. The smallest absolute Gasteiger partial charge is 0.172 e. The number of benzene rings is 2. The fourth-order valence-electron chi connectivity index (χ4n) is 4.80. The summed E-state index contributed by atoms with van der Waals surface area (Å²) in [6.07, 6.45) is 8.71. The van der Waals surface area contributed by atoms with Crippen LogP contribution in [-0.2, 0) is 6.42 Å². The number of furan rings is 1. The summed E-state index contributed by atoms with van der Waals surface area (Å²) in [7, 11) is 1.68. The molecule has 0 bridgehead atoms. The number of hydrogen-bond donors (Lipinski definition) is 2. The Bertz CT molecular complexity index is 1170. The Morgan fingerprint density at radius 3 is 2.81 bits per heavy atom. The zero-order chi connectivity index (χ0) is 21.9. The molecule has 166 valence electrons. The van der Waals surface area contributed by atoms with Gasteiger partial charge in [0.1, 0.15) is 11.3 Å². The van der Waals surface area contributed by atoms with Gasteiger partial charge in [-0.1, -0.05) is 31.0 Å². The van der Waals surface area contributed by atoms with Crippen LogP contribution in [0.25, 0.3) is 22.7 Å². The molecule has 2 aromatic carbocycles. The first-order valence-corrected chi connectivity index (χ1v) is 11.5. The van der Waals surface area contributed by atoms with Crippen LogP contribution in [0.5, 0.6) is 11.5 Å². The highest BCUT2D eigenvalue weighted by molar-refractivity contribution is 5.95. The van der Waals surface area contributed by atoms with Crippen molar-refractivity contribution in [2.45, 2.75) is 38.5 Å². The summed E-state index contributed by atoms with van der Waals surface area (Å²) in [4.78, 5) is 0. The van der Waals surface area contributed by atoms with E-state index in [-0.39, 0.29) is 5.75 Å². The highest BCUT2D eigenvalue weighted by Gasteiger charge is 2.21. The van der Waals surface area contributed by atoms with Crippen LogP contribution >= 0.6 is 0 Å². The summed E-state index contributed by atoms with van der Waals surface area (Å²) < 4.78 is 11.8. The molecule has 2 N–H and O–H groups in total. The van der Waals surface area contributed by atoms with Crippen molar-refractivity contribution in [1.29, 1.82) is 0 Å². The zero-order valence-corrected chi connectivity index (χ0v) is 18.4. The Labute approximate surface area is 188 Å². The molecule has 32 heavy (non-hydrogen) atoms. The second kappa shape index (κ2) is 9.17. The maximum Gasteiger partial charge on any atom is 0.172 e. The van der Waals surface area contributed by atoms with E-state index in [1.807, 2.05) is 36.4 Å². The van der Waals surface area contributed by atoms with E-state index in [1.165, 1.54) is 25.7 Å². The predicted octanol–water partition coefficient (Wildman–Crippen LogP) is 6.45. The molecule has 6 heteroatoms. The molecule has 0 atom stereocenters. The van der Waals surface area contributed by atoms with E-state index in [4.69, 9.17) is 9.15 Å². The van der Waals surface area contributed by atoms with Crippen molar-refractivity contribution in [2.75, 3.05) is 20.2 Å². The number of azo groups is 1. The summed E-state index contributed by atoms with van der Waals surface area (Å²) in [5.74, 6) is 2.17. The van der Waals surface area contributed by atoms with Crippen LogP contribution in [0.15, 0.2) is 51.0 Å². The lowest BCUT2D eigenvalue weighted by Gasteiger charge is -2.22. The number of nitrogens with one attached hydrogen (secondary N) is 1. The lowest BCUT2D eigenvalue weighted by atomic mass is 9.91. The Balaban J connectivity index is 1.39. The van der Waals surface area contributed by atoms with Gasteiger partial charge in [-0.05, 0) is 62.9 Å². The molecule has 1 saturated heterocycles. The predicted molar refractivity (Wildman–Crippen MR) is 126 cm³/mol. The van der Waals surface area contributed by atoms with Crippen LogP contribution in [0.2, 0.25) is 0 Å². The van der Waals surface area contributed by atoms with Gasteiger partial charge in [-0.2, -0.15) is 0 Å². The van der Waals surface area contributed by atoms with Gasteiger partial charge in [-0.25, -0.2) is 0 Å². The van der Waals surface area contributed by atoms with Crippen LogP contribution in [-0.4, -0.2) is 25.3 Å². The zero-order valence-electron chi connectivity index (χ0n) is 18.4. The molecule has 0 radical (unpaired) electrons. The number of fused-ring (bicyclic) bond motifs is 2. The van der Waals surface area contributed by atoms with Crippen LogP contribution in [0.4, 0.5) is 5.69 Å². The molecule has 0 spiro atoms. The third-order valence-electron chi connectivity index (χ3n) is 6.60. The van der Waals surface area contributed by atoms with Gasteiger partial charge in [0, 0.05) is 17.2 Å². The number of nitrogens with zero attached hydrogens (tertiary/aromatic N) is 2. The second-order valence-electron chi connectivity index (χ2n) is 8.62. The lowest BCUT2D eigenvalue weighted by molar-refractivity contribution is 0.343. The minimum Gasteiger partial charge on any atom is -0.504 e. The van der Waals surface area contributed by atoms with Crippen LogP contribution < -0.4 is 10.1 Å². The Morgan fingerprint density at radius 1 is 1.12 bits per heavy atom. The minimum absolute atomic E-state index is 0.130. The summed E-state index contributed by atoms with van der Waals surface area (Å²) in [6, 6.07) is 11.6. The first-order chi connectivity index (χ1) is 15.7. The number of hydrogen-bond acceptors (Lipinski definition) is 6. The maximum atomic E-state index is 10.9. The summed E-state index contributed by atoms with van der Waals surface area (Å²) in [5.41, 5.74) is 4.15. The summed E-state index contributed by atoms with van der Waals surface area (Å²) in [5, 5.41) is 23.5. The van der Waals surface area contributed by atoms with Crippen molar-refractivity contribution in [3.05, 3.63) is 53.3 Å². The Morgan fingerprint density at radius 2 is 1.97 bits per heavy atom. The van der Waals surface area contributed by atoms with Gasteiger partial charge in [-0.3, -0.25) is 0 Å². The summed E-state index contributed by atoms with van der Waals surface area (Å²) >= 11 is 0. The van der Waals surface area contributed by atoms with E-state index >= 15 is 0 Å². The number of unbranched alkanes of at least 4 members (excludes halogenated alkanes) is 1. The first kappa shape index (κ1) is 20.8. The number of rotatable bonds is 7. The highest BCUT2D eigenvalue weighted by Crippen LogP contribution is 2.42. The molecular weight excluding hydrogens is 402 g/mol. The molecule has 0 aliphatic carbocycles. The van der Waals surface area contributed by atoms with Crippen molar-refractivity contribution >= 4 is 28.4 Å². The molecule has 6 nitrogen and oxygen atoms in total.